The van der Waals surface area contributed by atoms with E-state index in [1.54, 1.807) is 6.07 Å². The van der Waals surface area contributed by atoms with Crippen molar-refractivity contribution in [3.05, 3.63) is 29.3 Å². The molecule has 0 bridgehead atoms. The quantitative estimate of drug-likeness (QED) is 0.810. The third-order valence-electron chi connectivity index (χ3n) is 2.47. The summed E-state index contributed by atoms with van der Waals surface area (Å²) in [7, 11) is 0. The number of halogens is 3. The van der Waals surface area contributed by atoms with E-state index < -0.39 is 11.7 Å². The summed E-state index contributed by atoms with van der Waals surface area (Å²) >= 11 is 0. The molecule has 0 spiro atoms. The number of aliphatic hydroxyl groups excluding tert-OH is 1. The molecule has 0 atom stereocenters. The summed E-state index contributed by atoms with van der Waals surface area (Å²) in [6.45, 7) is 0.208. The molecule has 0 heterocycles. The van der Waals surface area contributed by atoms with E-state index >= 15 is 0 Å². The first kappa shape index (κ1) is 15.3. The maximum Gasteiger partial charge on any atom is 0.420 e. The molecule has 0 radical (unpaired) electrons. The topological polar surface area (TPSA) is 53.2 Å². The number of hydrogen-bond acceptors (Lipinski definition) is 3. The predicted molar refractivity (Wildman–Crippen MR) is 62.6 cm³/mol. The first-order valence-corrected chi connectivity index (χ1v) is 5.84. The normalized spacial score (nSPS) is 11.1. The van der Waals surface area contributed by atoms with Crippen LogP contribution in [0.25, 0.3) is 0 Å². The van der Waals surface area contributed by atoms with E-state index in [9.17, 15) is 13.2 Å². The van der Waals surface area contributed by atoms with Gasteiger partial charge in [-0.15, -0.1) is 0 Å². The fourth-order valence-corrected chi connectivity index (χ4v) is 1.52. The highest BCUT2D eigenvalue weighted by Crippen LogP contribution is 2.36. The van der Waals surface area contributed by atoms with Crippen molar-refractivity contribution in [1.29, 1.82) is 5.26 Å². The van der Waals surface area contributed by atoms with Crippen LogP contribution in [0, 0.1) is 11.3 Å². The molecule has 1 N–H and O–H groups in total. The van der Waals surface area contributed by atoms with Crippen LogP contribution < -0.4 is 4.74 Å². The lowest BCUT2D eigenvalue weighted by molar-refractivity contribution is -0.139. The molecule has 3 nitrogen and oxygen atoms in total. The third-order valence-corrected chi connectivity index (χ3v) is 2.47. The molecule has 0 fully saturated rings. The Labute approximate surface area is 109 Å². The second-order valence-electron chi connectivity index (χ2n) is 3.95. The van der Waals surface area contributed by atoms with Crippen LogP contribution in [-0.4, -0.2) is 18.3 Å². The Morgan fingerprint density at radius 2 is 1.95 bits per heavy atom. The van der Waals surface area contributed by atoms with Crippen LogP contribution in [0.15, 0.2) is 18.2 Å². The minimum absolute atomic E-state index is 0.0556. The van der Waals surface area contributed by atoms with E-state index in [1.807, 2.05) is 0 Å². The van der Waals surface area contributed by atoms with E-state index in [0.29, 0.717) is 19.3 Å². The molecule has 6 heteroatoms. The molecule has 0 saturated carbocycles. The fourth-order valence-electron chi connectivity index (χ4n) is 1.52. The smallest absolute Gasteiger partial charge is 0.420 e. The number of hydrogen-bond donors (Lipinski definition) is 1. The zero-order chi connectivity index (χ0) is 14.3. The highest BCUT2D eigenvalue weighted by atomic mass is 19.4. The molecule has 0 aliphatic heterocycles. The van der Waals surface area contributed by atoms with E-state index in [-0.39, 0.29) is 24.5 Å². The van der Waals surface area contributed by atoms with Gasteiger partial charge in [0.1, 0.15) is 5.75 Å². The first-order chi connectivity index (χ1) is 8.99. The Morgan fingerprint density at radius 1 is 1.21 bits per heavy atom. The fraction of sp³-hybridized carbons (Fsp3) is 0.462. The van der Waals surface area contributed by atoms with Gasteiger partial charge in [0.25, 0.3) is 0 Å². The number of nitriles is 1. The molecule has 0 aliphatic carbocycles. The Bertz CT molecular complexity index is 452. The molecule has 0 amide bonds. The molecule has 1 aromatic rings. The predicted octanol–water partition coefficient (Wildman–Crippen LogP) is 3.12. The van der Waals surface area contributed by atoms with Crippen LogP contribution in [0.1, 0.15) is 30.4 Å². The summed E-state index contributed by atoms with van der Waals surface area (Å²) < 4.78 is 43.4. The van der Waals surface area contributed by atoms with E-state index in [2.05, 4.69) is 0 Å². The summed E-state index contributed by atoms with van der Waals surface area (Å²) in [5.41, 5.74) is -0.992. The van der Waals surface area contributed by atoms with Gasteiger partial charge >= 0.3 is 6.18 Å². The van der Waals surface area contributed by atoms with E-state index in [4.69, 9.17) is 15.1 Å². The van der Waals surface area contributed by atoms with Gasteiger partial charge in [0, 0.05) is 6.61 Å². The zero-order valence-corrected chi connectivity index (χ0v) is 10.2. The Morgan fingerprint density at radius 3 is 2.53 bits per heavy atom. The van der Waals surface area contributed by atoms with Gasteiger partial charge in [-0.1, -0.05) is 0 Å². The number of benzene rings is 1. The maximum absolute atomic E-state index is 12.8. The largest absolute Gasteiger partial charge is 0.493 e. The van der Waals surface area contributed by atoms with Crippen molar-refractivity contribution in [3.63, 3.8) is 0 Å². The maximum atomic E-state index is 12.8. The zero-order valence-electron chi connectivity index (χ0n) is 10.2. The highest BCUT2D eigenvalue weighted by Gasteiger charge is 2.34. The molecule has 104 valence electrons. The van der Waals surface area contributed by atoms with Crippen LogP contribution in [0.2, 0.25) is 0 Å². The van der Waals surface area contributed by atoms with Gasteiger partial charge in [-0.05, 0) is 37.5 Å². The minimum atomic E-state index is -4.55. The number of rotatable bonds is 6. The van der Waals surface area contributed by atoms with Crippen LogP contribution in [0.4, 0.5) is 13.2 Å². The number of ether oxygens (including phenoxy) is 1. The Kier molecular flexibility index (Phi) is 5.64. The summed E-state index contributed by atoms with van der Waals surface area (Å²) in [4.78, 5) is 0. The van der Waals surface area contributed by atoms with Crippen molar-refractivity contribution in [2.45, 2.75) is 25.4 Å². The average molecular weight is 273 g/mol. The van der Waals surface area contributed by atoms with Crippen molar-refractivity contribution in [2.24, 2.45) is 0 Å². The average Bonchev–Trinajstić information content (AvgIpc) is 2.37. The number of aliphatic hydroxyl groups is 1. The van der Waals surface area contributed by atoms with Gasteiger partial charge in [-0.3, -0.25) is 0 Å². The third kappa shape index (κ3) is 4.79. The lowest BCUT2D eigenvalue weighted by atomic mass is 10.1. The van der Waals surface area contributed by atoms with Gasteiger partial charge in [0.2, 0.25) is 0 Å². The highest BCUT2D eigenvalue weighted by molar-refractivity contribution is 5.43. The van der Waals surface area contributed by atoms with Crippen molar-refractivity contribution >= 4 is 0 Å². The van der Waals surface area contributed by atoms with Crippen LogP contribution in [0.3, 0.4) is 0 Å². The van der Waals surface area contributed by atoms with Crippen molar-refractivity contribution < 1.29 is 23.0 Å². The van der Waals surface area contributed by atoms with Gasteiger partial charge in [-0.25, -0.2) is 0 Å². The van der Waals surface area contributed by atoms with Crippen LogP contribution >= 0.6 is 0 Å². The Balaban J connectivity index is 2.74. The van der Waals surface area contributed by atoms with Gasteiger partial charge in [0.15, 0.2) is 0 Å². The van der Waals surface area contributed by atoms with E-state index in [1.165, 1.54) is 6.07 Å². The number of alkyl halides is 3. The second kappa shape index (κ2) is 7.00. The lowest BCUT2D eigenvalue weighted by Crippen LogP contribution is -2.10. The van der Waals surface area contributed by atoms with Gasteiger partial charge < -0.3 is 9.84 Å². The SMILES string of the molecule is N#Cc1ccc(OCCCCCO)c(C(F)(F)F)c1. The van der Waals surface area contributed by atoms with Crippen molar-refractivity contribution in [3.8, 4) is 11.8 Å². The summed E-state index contributed by atoms with van der Waals surface area (Å²) in [6.07, 6.45) is -2.69. The minimum Gasteiger partial charge on any atom is -0.493 e. The molecule has 19 heavy (non-hydrogen) atoms. The molecule has 1 aromatic carbocycles. The molecule has 0 unspecified atom stereocenters. The summed E-state index contributed by atoms with van der Waals surface area (Å²) in [6, 6.07) is 4.90. The summed E-state index contributed by atoms with van der Waals surface area (Å²) in [5, 5.41) is 17.2. The van der Waals surface area contributed by atoms with Crippen molar-refractivity contribution in [2.75, 3.05) is 13.2 Å². The first-order valence-electron chi connectivity index (χ1n) is 5.84. The second-order valence-corrected chi connectivity index (χ2v) is 3.95. The van der Waals surface area contributed by atoms with Crippen molar-refractivity contribution in [1.82, 2.24) is 0 Å². The van der Waals surface area contributed by atoms with Crippen LogP contribution in [0.5, 0.6) is 5.75 Å². The standard InChI is InChI=1S/C13H14F3NO2/c14-13(15,16)11-8-10(9-17)4-5-12(11)19-7-3-1-2-6-18/h4-5,8,18H,1-3,6-7H2. The molecule has 1 rings (SSSR count). The monoisotopic (exact) mass is 273 g/mol. The van der Waals surface area contributed by atoms with E-state index in [0.717, 1.165) is 12.1 Å². The number of unbranched alkanes of at least 4 members (excludes halogenated alkanes) is 2. The molecule has 0 saturated heterocycles. The molecule has 0 aliphatic rings. The number of nitrogens with zero attached hydrogens (tertiary/aromatic N) is 1. The molecular formula is C13H14F3NO2. The van der Waals surface area contributed by atoms with Gasteiger partial charge in [-0.2, -0.15) is 18.4 Å². The lowest BCUT2D eigenvalue weighted by Gasteiger charge is -2.14. The molecular weight excluding hydrogens is 259 g/mol. The van der Waals surface area contributed by atoms with Gasteiger partial charge in [0.05, 0.1) is 23.8 Å². The molecule has 0 aromatic heterocycles. The Hall–Kier alpha value is -1.74. The van der Waals surface area contributed by atoms with Crippen LogP contribution in [-0.2, 0) is 6.18 Å². The summed E-state index contributed by atoms with van der Waals surface area (Å²) in [5.74, 6) is -0.268.